The van der Waals surface area contributed by atoms with Gasteiger partial charge in [-0.1, -0.05) is 19.1 Å². The molecule has 17 heavy (non-hydrogen) atoms. The summed E-state index contributed by atoms with van der Waals surface area (Å²) in [4.78, 5) is 33.1. The van der Waals surface area contributed by atoms with E-state index in [2.05, 4.69) is 5.32 Å². The number of Topliss-reactive ketones (excluding diaryl/α,β-unsaturated/α-hetero) is 1. The maximum absolute atomic E-state index is 11.7. The lowest BCUT2D eigenvalue weighted by Crippen LogP contribution is -2.30. The maximum atomic E-state index is 11.7. The molecule has 90 valence electrons. The minimum Gasteiger partial charge on any atom is -0.351 e. The second-order valence-corrected chi connectivity index (χ2v) is 3.96. The van der Waals surface area contributed by atoms with E-state index in [9.17, 15) is 14.4 Å². The lowest BCUT2D eigenvalue weighted by Gasteiger charge is -2.09. The Labute approximate surface area is 100 Å². The van der Waals surface area contributed by atoms with Gasteiger partial charge >= 0.3 is 0 Å². The molecule has 1 rings (SSSR count). The summed E-state index contributed by atoms with van der Waals surface area (Å²) in [6, 6.07) is 6.32. The second kappa shape index (κ2) is 5.94. The average Bonchev–Trinajstić information content (AvgIpc) is 2.35. The summed E-state index contributed by atoms with van der Waals surface area (Å²) in [7, 11) is 0. The normalized spacial score (nSPS) is 11.6. The third-order valence-corrected chi connectivity index (χ3v) is 2.57. The predicted molar refractivity (Wildman–Crippen MR) is 64.0 cm³/mol. The van der Waals surface area contributed by atoms with E-state index in [-0.39, 0.29) is 17.6 Å². The molecule has 0 saturated heterocycles. The van der Waals surface area contributed by atoms with Crippen LogP contribution in [-0.4, -0.2) is 24.5 Å². The number of hydrogen-bond acceptors (Lipinski definition) is 3. The molecule has 0 bridgehead atoms. The van der Waals surface area contributed by atoms with Crippen molar-refractivity contribution in [1.29, 1.82) is 0 Å². The van der Waals surface area contributed by atoms with Crippen molar-refractivity contribution in [3.63, 3.8) is 0 Å². The maximum Gasteiger partial charge on any atom is 0.251 e. The van der Waals surface area contributed by atoms with Gasteiger partial charge in [0.1, 0.15) is 12.1 Å². The zero-order chi connectivity index (χ0) is 12.8. The number of ketones is 1. The lowest BCUT2D eigenvalue weighted by molar-refractivity contribution is -0.120. The van der Waals surface area contributed by atoms with E-state index >= 15 is 0 Å². The lowest BCUT2D eigenvalue weighted by atomic mass is 10.1. The number of amides is 1. The van der Waals surface area contributed by atoms with Gasteiger partial charge in [0.05, 0.1) is 0 Å². The van der Waals surface area contributed by atoms with Crippen LogP contribution >= 0.6 is 0 Å². The third-order valence-electron chi connectivity index (χ3n) is 2.57. The molecule has 0 aliphatic heterocycles. The van der Waals surface area contributed by atoms with Gasteiger partial charge in [0.2, 0.25) is 0 Å². The van der Waals surface area contributed by atoms with E-state index in [0.29, 0.717) is 17.7 Å². The van der Waals surface area contributed by atoms with E-state index in [1.807, 2.05) is 0 Å². The van der Waals surface area contributed by atoms with E-state index in [4.69, 9.17) is 0 Å². The van der Waals surface area contributed by atoms with Crippen LogP contribution in [0, 0.1) is 5.92 Å². The van der Waals surface area contributed by atoms with Crippen LogP contribution in [0.5, 0.6) is 0 Å². The highest BCUT2D eigenvalue weighted by atomic mass is 16.2. The Hall–Kier alpha value is -1.97. The Bertz CT molecular complexity index is 423. The van der Waals surface area contributed by atoms with Crippen molar-refractivity contribution in [1.82, 2.24) is 5.32 Å². The van der Waals surface area contributed by atoms with Crippen molar-refractivity contribution in [3.05, 3.63) is 35.4 Å². The van der Waals surface area contributed by atoms with Crippen molar-refractivity contribution >= 4 is 18.0 Å². The first-order chi connectivity index (χ1) is 8.04. The van der Waals surface area contributed by atoms with Gasteiger partial charge in [-0.3, -0.25) is 14.4 Å². The Morgan fingerprint density at radius 3 is 2.35 bits per heavy atom. The van der Waals surface area contributed by atoms with E-state index in [0.717, 1.165) is 6.29 Å². The quantitative estimate of drug-likeness (QED) is 0.783. The number of carbonyl (C=O) groups is 3. The van der Waals surface area contributed by atoms with Crippen LogP contribution in [0.25, 0.3) is 0 Å². The highest BCUT2D eigenvalue weighted by Crippen LogP contribution is 2.03. The average molecular weight is 233 g/mol. The number of rotatable bonds is 5. The van der Waals surface area contributed by atoms with E-state index in [1.165, 1.54) is 6.92 Å². The molecule has 0 fully saturated rings. The topological polar surface area (TPSA) is 63.2 Å². The largest absolute Gasteiger partial charge is 0.351 e. The second-order valence-electron chi connectivity index (χ2n) is 3.96. The fraction of sp³-hybridized carbons (Fsp3) is 0.308. The molecular formula is C13H15NO3. The molecule has 1 N–H and O–H groups in total. The molecule has 4 heteroatoms. The fourth-order valence-corrected chi connectivity index (χ4v) is 1.20. The van der Waals surface area contributed by atoms with Gasteiger partial charge in [0.15, 0.2) is 0 Å². The van der Waals surface area contributed by atoms with Crippen LogP contribution in [0.4, 0.5) is 0 Å². The van der Waals surface area contributed by atoms with Crippen LogP contribution in [-0.2, 0) is 4.79 Å². The first-order valence-electron chi connectivity index (χ1n) is 5.38. The number of hydrogen-bond donors (Lipinski definition) is 1. The van der Waals surface area contributed by atoms with Crippen LogP contribution in [0.3, 0.4) is 0 Å². The zero-order valence-electron chi connectivity index (χ0n) is 9.90. The van der Waals surface area contributed by atoms with Crippen molar-refractivity contribution in [2.45, 2.75) is 13.8 Å². The van der Waals surface area contributed by atoms with Gasteiger partial charge in [-0.15, -0.1) is 0 Å². The summed E-state index contributed by atoms with van der Waals surface area (Å²) < 4.78 is 0. The van der Waals surface area contributed by atoms with Gasteiger partial charge in [0, 0.05) is 23.6 Å². The number of aldehydes is 1. The van der Waals surface area contributed by atoms with Crippen molar-refractivity contribution < 1.29 is 14.4 Å². The SMILES string of the molecule is CC(=O)C(C)CNC(=O)c1ccc(C=O)cc1. The van der Waals surface area contributed by atoms with Gasteiger partial charge in [-0.25, -0.2) is 0 Å². The predicted octanol–water partition coefficient (Wildman–Crippen LogP) is 1.45. The van der Waals surface area contributed by atoms with Gasteiger partial charge < -0.3 is 5.32 Å². The molecule has 0 heterocycles. The van der Waals surface area contributed by atoms with Crippen LogP contribution < -0.4 is 5.32 Å². The summed E-state index contributed by atoms with van der Waals surface area (Å²) in [5, 5.41) is 2.67. The summed E-state index contributed by atoms with van der Waals surface area (Å²) in [6.07, 6.45) is 0.722. The molecular weight excluding hydrogens is 218 g/mol. The van der Waals surface area contributed by atoms with Gasteiger partial charge in [-0.05, 0) is 19.1 Å². The highest BCUT2D eigenvalue weighted by molar-refractivity contribution is 5.95. The summed E-state index contributed by atoms with van der Waals surface area (Å²) in [5.74, 6) is -0.384. The summed E-state index contributed by atoms with van der Waals surface area (Å²) in [6.45, 7) is 3.58. The number of nitrogens with one attached hydrogen (secondary N) is 1. The summed E-state index contributed by atoms with van der Waals surface area (Å²) in [5.41, 5.74) is 1.00. The standard InChI is InChI=1S/C13H15NO3/c1-9(10(2)16)7-14-13(17)12-5-3-11(8-15)4-6-12/h3-6,8-9H,7H2,1-2H3,(H,14,17). The third kappa shape index (κ3) is 3.83. The first-order valence-corrected chi connectivity index (χ1v) is 5.38. The molecule has 0 aromatic heterocycles. The molecule has 4 nitrogen and oxygen atoms in total. The molecule has 1 aromatic rings. The Balaban J connectivity index is 2.57. The molecule has 1 amide bonds. The smallest absolute Gasteiger partial charge is 0.251 e. The molecule has 1 aromatic carbocycles. The summed E-state index contributed by atoms with van der Waals surface area (Å²) >= 11 is 0. The molecule has 0 saturated carbocycles. The minimum atomic E-state index is -0.240. The van der Waals surface area contributed by atoms with Crippen LogP contribution in [0.2, 0.25) is 0 Å². The molecule has 1 atom stereocenters. The van der Waals surface area contributed by atoms with Crippen molar-refractivity contribution in [2.75, 3.05) is 6.54 Å². The Morgan fingerprint density at radius 2 is 1.88 bits per heavy atom. The van der Waals surface area contributed by atoms with Crippen molar-refractivity contribution in [2.24, 2.45) is 5.92 Å². The fourth-order valence-electron chi connectivity index (χ4n) is 1.20. The molecule has 0 aliphatic carbocycles. The van der Waals surface area contributed by atoms with Crippen molar-refractivity contribution in [3.8, 4) is 0 Å². The molecule has 0 aliphatic rings. The molecule has 1 unspecified atom stereocenters. The van der Waals surface area contributed by atoms with Crippen LogP contribution in [0.1, 0.15) is 34.6 Å². The number of benzene rings is 1. The van der Waals surface area contributed by atoms with E-state index in [1.54, 1.807) is 31.2 Å². The highest BCUT2D eigenvalue weighted by Gasteiger charge is 2.10. The zero-order valence-corrected chi connectivity index (χ0v) is 9.90. The van der Waals surface area contributed by atoms with Crippen LogP contribution in [0.15, 0.2) is 24.3 Å². The molecule has 0 radical (unpaired) electrons. The Kier molecular flexibility index (Phi) is 4.57. The first kappa shape index (κ1) is 13.1. The monoisotopic (exact) mass is 233 g/mol. The van der Waals surface area contributed by atoms with Gasteiger partial charge in [0.25, 0.3) is 5.91 Å². The van der Waals surface area contributed by atoms with Gasteiger partial charge in [-0.2, -0.15) is 0 Å². The Morgan fingerprint density at radius 1 is 1.29 bits per heavy atom. The number of carbonyl (C=O) groups excluding carboxylic acids is 3. The molecule has 0 spiro atoms. The van der Waals surface area contributed by atoms with E-state index < -0.39 is 0 Å². The minimum absolute atomic E-state index is 0.0432.